The van der Waals surface area contributed by atoms with Crippen LogP contribution in [0.4, 0.5) is 0 Å². The van der Waals surface area contributed by atoms with E-state index >= 15 is 0 Å². The number of aromatic nitrogens is 1. The molecule has 0 fully saturated rings. The molecule has 2 aromatic rings. The van der Waals surface area contributed by atoms with Gasteiger partial charge in [-0.1, -0.05) is 30.3 Å². The summed E-state index contributed by atoms with van der Waals surface area (Å²) in [6.45, 7) is 2.01. The summed E-state index contributed by atoms with van der Waals surface area (Å²) >= 11 is 1.66. The number of aryl methyl sites for hydroxylation is 2. The van der Waals surface area contributed by atoms with Gasteiger partial charge in [-0.3, -0.25) is 0 Å². The highest BCUT2D eigenvalue weighted by Gasteiger charge is 2.09. The molecule has 0 saturated carbocycles. The Morgan fingerprint density at radius 1 is 1.31 bits per heavy atom. The summed E-state index contributed by atoms with van der Waals surface area (Å²) in [4.78, 5) is 4.42. The average Bonchev–Trinajstić information content (AvgIpc) is 2.74. The number of rotatable bonds is 4. The smallest absolute Gasteiger partial charge is 0.0898 e. The van der Waals surface area contributed by atoms with E-state index in [1.54, 1.807) is 11.3 Å². The van der Waals surface area contributed by atoms with Crippen molar-refractivity contribution in [3.8, 4) is 0 Å². The minimum Gasteiger partial charge on any atom is -0.323 e. The van der Waals surface area contributed by atoms with E-state index in [1.807, 2.05) is 13.0 Å². The summed E-state index contributed by atoms with van der Waals surface area (Å²) in [7, 11) is 0. The molecule has 1 aromatic heterocycles. The Bertz CT molecular complexity index is 436. The molecule has 0 aliphatic rings. The van der Waals surface area contributed by atoms with E-state index in [-0.39, 0.29) is 6.04 Å². The molecule has 84 valence electrons. The predicted molar refractivity (Wildman–Crippen MR) is 68.5 cm³/mol. The van der Waals surface area contributed by atoms with Gasteiger partial charge in [0, 0.05) is 11.4 Å². The van der Waals surface area contributed by atoms with Crippen molar-refractivity contribution in [1.29, 1.82) is 0 Å². The van der Waals surface area contributed by atoms with Crippen LogP contribution in [0.3, 0.4) is 0 Å². The molecule has 2 N–H and O–H groups in total. The highest BCUT2D eigenvalue weighted by Crippen LogP contribution is 2.18. The van der Waals surface area contributed by atoms with Crippen LogP contribution in [0.1, 0.15) is 28.7 Å². The van der Waals surface area contributed by atoms with Crippen LogP contribution in [-0.2, 0) is 6.42 Å². The number of nitrogens with zero attached hydrogens (tertiary/aromatic N) is 1. The monoisotopic (exact) mass is 232 g/mol. The Hall–Kier alpha value is -1.19. The first-order valence-electron chi connectivity index (χ1n) is 5.47. The maximum Gasteiger partial charge on any atom is 0.0898 e. The minimum atomic E-state index is 0.0603. The Morgan fingerprint density at radius 3 is 2.69 bits per heavy atom. The summed E-state index contributed by atoms with van der Waals surface area (Å²) < 4.78 is 0. The molecule has 1 unspecified atom stereocenters. The van der Waals surface area contributed by atoms with Gasteiger partial charge in [0.1, 0.15) is 0 Å². The van der Waals surface area contributed by atoms with Crippen LogP contribution in [-0.4, -0.2) is 4.98 Å². The molecular weight excluding hydrogens is 216 g/mol. The molecule has 1 aromatic carbocycles. The van der Waals surface area contributed by atoms with Crippen molar-refractivity contribution in [2.75, 3.05) is 0 Å². The minimum absolute atomic E-state index is 0.0603. The molecule has 0 spiro atoms. The fourth-order valence-electron chi connectivity index (χ4n) is 1.67. The second kappa shape index (κ2) is 5.23. The number of thiazole rings is 1. The zero-order chi connectivity index (χ0) is 11.4. The van der Waals surface area contributed by atoms with Crippen molar-refractivity contribution in [2.45, 2.75) is 25.8 Å². The standard InChI is InChI=1S/C13H16N2S/c1-10-15-13(9-16-10)12(14)8-7-11-5-3-2-4-6-11/h2-6,9,12H,7-8,14H2,1H3. The first kappa shape index (κ1) is 11.3. The van der Waals surface area contributed by atoms with Crippen molar-refractivity contribution < 1.29 is 0 Å². The maximum atomic E-state index is 6.10. The third-order valence-corrected chi connectivity index (χ3v) is 3.40. The summed E-state index contributed by atoms with van der Waals surface area (Å²) in [5.41, 5.74) is 8.46. The third-order valence-electron chi connectivity index (χ3n) is 2.60. The van der Waals surface area contributed by atoms with Gasteiger partial charge in [0.05, 0.1) is 10.7 Å². The quantitative estimate of drug-likeness (QED) is 0.879. The van der Waals surface area contributed by atoms with Gasteiger partial charge in [0.25, 0.3) is 0 Å². The number of hydrogen-bond acceptors (Lipinski definition) is 3. The van der Waals surface area contributed by atoms with Crippen molar-refractivity contribution >= 4 is 11.3 Å². The molecule has 3 heteroatoms. The lowest BCUT2D eigenvalue weighted by molar-refractivity contribution is 0.636. The number of nitrogens with two attached hydrogens (primary N) is 1. The van der Waals surface area contributed by atoms with Gasteiger partial charge < -0.3 is 5.73 Å². The van der Waals surface area contributed by atoms with Gasteiger partial charge in [-0.25, -0.2) is 4.98 Å². The Morgan fingerprint density at radius 2 is 2.06 bits per heavy atom. The van der Waals surface area contributed by atoms with E-state index in [1.165, 1.54) is 5.56 Å². The molecule has 0 saturated heterocycles. The molecule has 16 heavy (non-hydrogen) atoms. The van der Waals surface area contributed by atoms with Crippen molar-refractivity contribution in [3.63, 3.8) is 0 Å². The highest BCUT2D eigenvalue weighted by molar-refractivity contribution is 7.09. The van der Waals surface area contributed by atoms with E-state index < -0.39 is 0 Å². The molecule has 2 nitrogen and oxygen atoms in total. The average molecular weight is 232 g/mol. The van der Waals surface area contributed by atoms with Crippen molar-refractivity contribution in [1.82, 2.24) is 4.98 Å². The molecule has 1 atom stereocenters. The van der Waals surface area contributed by atoms with Gasteiger partial charge in [-0.15, -0.1) is 11.3 Å². The number of benzene rings is 1. The molecular formula is C13H16N2S. The Kier molecular flexibility index (Phi) is 3.70. The molecule has 1 heterocycles. The predicted octanol–water partition coefficient (Wildman–Crippen LogP) is 3.08. The molecule has 0 radical (unpaired) electrons. The Balaban J connectivity index is 1.91. The van der Waals surface area contributed by atoms with E-state index in [0.29, 0.717) is 0 Å². The normalized spacial score (nSPS) is 12.6. The lowest BCUT2D eigenvalue weighted by atomic mass is 10.0. The van der Waals surface area contributed by atoms with Gasteiger partial charge in [-0.05, 0) is 25.3 Å². The Labute approximate surface area is 100 Å². The van der Waals surface area contributed by atoms with E-state index in [0.717, 1.165) is 23.5 Å². The first-order chi connectivity index (χ1) is 7.75. The highest BCUT2D eigenvalue weighted by atomic mass is 32.1. The molecule has 0 aliphatic carbocycles. The van der Waals surface area contributed by atoms with E-state index in [4.69, 9.17) is 5.73 Å². The lowest BCUT2D eigenvalue weighted by Crippen LogP contribution is -2.11. The topological polar surface area (TPSA) is 38.9 Å². The summed E-state index contributed by atoms with van der Waals surface area (Å²) in [6.07, 6.45) is 1.96. The summed E-state index contributed by atoms with van der Waals surface area (Å²) in [5, 5.41) is 3.15. The fourth-order valence-corrected chi connectivity index (χ4v) is 2.34. The van der Waals surface area contributed by atoms with Gasteiger partial charge in [-0.2, -0.15) is 0 Å². The van der Waals surface area contributed by atoms with Crippen LogP contribution in [0, 0.1) is 6.92 Å². The van der Waals surface area contributed by atoms with Gasteiger partial charge in [0.15, 0.2) is 0 Å². The molecule has 2 rings (SSSR count). The summed E-state index contributed by atoms with van der Waals surface area (Å²) in [5.74, 6) is 0. The van der Waals surface area contributed by atoms with E-state index in [2.05, 4.69) is 34.6 Å². The number of hydrogen-bond donors (Lipinski definition) is 1. The fraction of sp³-hybridized carbons (Fsp3) is 0.308. The second-order valence-corrected chi connectivity index (χ2v) is 4.98. The molecule has 0 bridgehead atoms. The van der Waals surface area contributed by atoms with Crippen LogP contribution in [0.25, 0.3) is 0 Å². The summed E-state index contributed by atoms with van der Waals surface area (Å²) in [6, 6.07) is 10.5. The zero-order valence-electron chi connectivity index (χ0n) is 9.39. The SMILES string of the molecule is Cc1nc(C(N)CCc2ccccc2)cs1. The van der Waals surface area contributed by atoms with Crippen LogP contribution in [0.15, 0.2) is 35.7 Å². The molecule has 0 aliphatic heterocycles. The van der Waals surface area contributed by atoms with Gasteiger partial charge >= 0.3 is 0 Å². The zero-order valence-corrected chi connectivity index (χ0v) is 10.2. The first-order valence-corrected chi connectivity index (χ1v) is 6.35. The maximum absolute atomic E-state index is 6.10. The second-order valence-electron chi connectivity index (χ2n) is 3.92. The van der Waals surface area contributed by atoms with Crippen LogP contribution < -0.4 is 5.73 Å². The van der Waals surface area contributed by atoms with Crippen LogP contribution in [0.2, 0.25) is 0 Å². The van der Waals surface area contributed by atoms with Crippen molar-refractivity contribution in [2.24, 2.45) is 5.73 Å². The van der Waals surface area contributed by atoms with Crippen molar-refractivity contribution in [3.05, 3.63) is 52.0 Å². The molecule has 0 amide bonds. The third kappa shape index (κ3) is 2.90. The van der Waals surface area contributed by atoms with Crippen LogP contribution in [0.5, 0.6) is 0 Å². The van der Waals surface area contributed by atoms with Crippen LogP contribution >= 0.6 is 11.3 Å². The largest absolute Gasteiger partial charge is 0.323 e. The van der Waals surface area contributed by atoms with E-state index in [9.17, 15) is 0 Å². The lowest BCUT2D eigenvalue weighted by Gasteiger charge is -2.08. The van der Waals surface area contributed by atoms with Gasteiger partial charge in [0.2, 0.25) is 0 Å².